The summed E-state index contributed by atoms with van der Waals surface area (Å²) < 4.78 is 0. The number of allylic oxidation sites excluding steroid dienone is 6. The van der Waals surface area contributed by atoms with Gasteiger partial charge in [0, 0.05) is 18.8 Å². The minimum Gasteiger partial charge on any atom is -0.316 e. The molecule has 0 aromatic rings. The predicted octanol–water partition coefficient (Wildman–Crippen LogP) is 3.59. The number of unbranched alkanes of at least 4 members (excludes halogenated alkanes) is 1. The first kappa shape index (κ1) is 13.5. The molecule has 0 aromatic heterocycles. The molecule has 0 aromatic carbocycles. The highest BCUT2D eigenvalue weighted by Gasteiger charge is 2.08. The second-order valence-corrected chi connectivity index (χ2v) is 3.99. The summed E-state index contributed by atoms with van der Waals surface area (Å²) in [5, 5.41) is 0. The molecule has 1 aliphatic rings. The molecule has 1 aliphatic heterocycles. The Morgan fingerprint density at radius 1 is 1.29 bits per heavy atom. The Bertz CT molecular complexity index is 337. The number of amides is 1. The van der Waals surface area contributed by atoms with E-state index in [0.29, 0.717) is 0 Å². The van der Waals surface area contributed by atoms with Crippen LogP contribution in [0.5, 0.6) is 0 Å². The average Bonchev–Trinajstić information content (AvgIpc) is 2.38. The van der Waals surface area contributed by atoms with E-state index in [0.717, 1.165) is 32.2 Å². The van der Waals surface area contributed by atoms with Crippen molar-refractivity contribution in [1.29, 1.82) is 0 Å². The fourth-order valence-corrected chi connectivity index (χ4v) is 1.61. The molecular weight excluding hydrogens is 210 g/mol. The van der Waals surface area contributed by atoms with Crippen LogP contribution in [0, 0.1) is 0 Å². The first-order chi connectivity index (χ1) is 8.34. The second kappa shape index (κ2) is 8.57. The highest BCUT2D eigenvalue weighted by atomic mass is 16.2. The smallest absolute Gasteiger partial charge is 0.250 e. The number of hydrogen-bond acceptors (Lipinski definition) is 1. The first-order valence-corrected chi connectivity index (χ1v) is 6.26. The van der Waals surface area contributed by atoms with E-state index in [9.17, 15) is 4.79 Å². The molecule has 0 atom stereocenters. The van der Waals surface area contributed by atoms with Gasteiger partial charge in [0.1, 0.15) is 0 Å². The van der Waals surface area contributed by atoms with Crippen LogP contribution in [0.1, 0.15) is 32.6 Å². The van der Waals surface area contributed by atoms with Crippen LogP contribution in [0.15, 0.2) is 48.7 Å². The maximum Gasteiger partial charge on any atom is 0.250 e. The lowest BCUT2D eigenvalue weighted by Crippen LogP contribution is -2.26. The summed E-state index contributed by atoms with van der Waals surface area (Å²) in [4.78, 5) is 13.4. The van der Waals surface area contributed by atoms with Crippen molar-refractivity contribution in [3.05, 3.63) is 48.7 Å². The summed E-state index contributed by atoms with van der Waals surface area (Å²) in [7, 11) is 0. The Morgan fingerprint density at radius 2 is 2.12 bits per heavy atom. The molecule has 1 amide bonds. The van der Waals surface area contributed by atoms with Crippen molar-refractivity contribution in [3.8, 4) is 0 Å². The van der Waals surface area contributed by atoms with E-state index >= 15 is 0 Å². The van der Waals surface area contributed by atoms with Gasteiger partial charge in [-0.2, -0.15) is 0 Å². The third-order valence-electron chi connectivity index (χ3n) is 2.56. The maximum atomic E-state index is 11.7. The molecule has 1 rings (SSSR count). The molecule has 92 valence electrons. The molecule has 2 heteroatoms. The minimum absolute atomic E-state index is 0.0686. The topological polar surface area (TPSA) is 20.3 Å². The fraction of sp³-hybridized carbons (Fsp3) is 0.400. The third-order valence-corrected chi connectivity index (χ3v) is 2.56. The van der Waals surface area contributed by atoms with Gasteiger partial charge in [-0.15, -0.1) is 0 Å². The van der Waals surface area contributed by atoms with Crippen LogP contribution in [0.2, 0.25) is 0 Å². The summed E-state index contributed by atoms with van der Waals surface area (Å²) in [5.74, 6) is 0.0686. The average molecular weight is 231 g/mol. The van der Waals surface area contributed by atoms with Crippen LogP contribution in [-0.4, -0.2) is 17.4 Å². The molecule has 17 heavy (non-hydrogen) atoms. The molecule has 0 bridgehead atoms. The zero-order valence-corrected chi connectivity index (χ0v) is 10.5. The monoisotopic (exact) mass is 231 g/mol. The zero-order chi connectivity index (χ0) is 12.3. The number of carbonyl (C=O) groups excluding carboxylic acids is 1. The van der Waals surface area contributed by atoms with Gasteiger partial charge in [0.25, 0.3) is 0 Å². The SMILES string of the molecule is C/C=C\CC/C=C/C=C/C(=O)N1C=CCCC1. The van der Waals surface area contributed by atoms with Crippen molar-refractivity contribution in [2.24, 2.45) is 0 Å². The van der Waals surface area contributed by atoms with Gasteiger partial charge in [-0.25, -0.2) is 0 Å². The van der Waals surface area contributed by atoms with Crippen molar-refractivity contribution in [2.75, 3.05) is 6.54 Å². The van der Waals surface area contributed by atoms with Crippen molar-refractivity contribution in [3.63, 3.8) is 0 Å². The van der Waals surface area contributed by atoms with Crippen LogP contribution >= 0.6 is 0 Å². The molecule has 0 saturated heterocycles. The van der Waals surface area contributed by atoms with Gasteiger partial charge in [-0.3, -0.25) is 4.79 Å². The van der Waals surface area contributed by atoms with E-state index in [1.54, 1.807) is 11.0 Å². The van der Waals surface area contributed by atoms with Gasteiger partial charge in [0.2, 0.25) is 5.91 Å². The van der Waals surface area contributed by atoms with E-state index in [-0.39, 0.29) is 5.91 Å². The third kappa shape index (κ3) is 5.91. The van der Waals surface area contributed by atoms with Crippen molar-refractivity contribution in [1.82, 2.24) is 4.90 Å². The van der Waals surface area contributed by atoms with Crippen molar-refractivity contribution < 1.29 is 4.79 Å². The molecule has 0 fully saturated rings. The summed E-state index contributed by atoms with van der Waals surface area (Å²) in [5.41, 5.74) is 0. The molecule has 0 radical (unpaired) electrons. The molecule has 2 nitrogen and oxygen atoms in total. The molecule has 0 spiro atoms. The van der Waals surface area contributed by atoms with E-state index in [4.69, 9.17) is 0 Å². The Hall–Kier alpha value is -1.57. The van der Waals surface area contributed by atoms with E-state index in [1.165, 1.54) is 0 Å². The fourth-order valence-electron chi connectivity index (χ4n) is 1.61. The lowest BCUT2D eigenvalue weighted by Gasteiger charge is -2.19. The summed E-state index contributed by atoms with van der Waals surface area (Å²) >= 11 is 0. The summed E-state index contributed by atoms with van der Waals surface area (Å²) in [6.45, 7) is 2.86. The van der Waals surface area contributed by atoms with Gasteiger partial charge < -0.3 is 4.90 Å². The van der Waals surface area contributed by atoms with Crippen LogP contribution in [0.4, 0.5) is 0 Å². The van der Waals surface area contributed by atoms with Crippen LogP contribution in [0.25, 0.3) is 0 Å². The van der Waals surface area contributed by atoms with Crippen molar-refractivity contribution in [2.45, 2.75) is 32.6 Å². The van der Waals surface area contributed by atoms with Crippen LogP contribution in [0.3, 0.4) is 0 Å². The Morgan fingerprint density at radius 3 is 2.82 bits per heavy atom. The highest BCUT2D eigenvalue weighted by Crippen LogP contribution is 2.06. The van der Waals surface area contributed by atoms with Gasteiger partial charge in [0.15, 0.2) is 0 Å². The lowest BCUT2D eigenvalue weighted by molar-refractivity contribution is -0.123. The summed E-state index contributed by atoms with van der Waals surface area (Å²) in [6.07, 6.45) is 19.8. The highest BCUT2D eigenvalue weighted by molar-refractivity contribution is 5.88. The van der Waals surface area contributed by atoms with Gasteiger partial charge >= 0.3 is 0 Å². The zero-order valence-electron chi connectivity index (χ0n) is 10.5. The van der Waals surface area contributed by atoms with E-state index in [1.807, 2.05) is 31.4 Å². The first-order valence-electron chi connectivity index (χ1n) is 6.26. The second-order valence-electron chi connectivity index (χ2n) is 3.99. The number of hydrogen-bond donors (Lipinski definition) is 0. The predicted molar refractivity (Wildman–Crippen MR) is 72.4 cm³/mol. The standard InChI is InChI=1S/C15H21NO/c1-2-3-4-5-6-7-9-12-15(17)16-13-10-8-11-14-16/h2-3,6-7,9-10,12-13H,4-5,8,11,14H2,1H3/b3-2-,7-6+,12-9+. The Balaban J connectivity index is 2.25. The number of carbonyl (C=O) groups is 1. The molecule has 0 N–H and O–H groups in total. The van der Waals surface area contributed by atoms with E-state index < -0.39 is 0 Å². The van der Waals surface area contributed by atoms with Crippen LogP contribution in [-0.2, 0) is 4.79 Å². The Labute approximate surface area is 104 Å². The molecule has 0 unspecified atom stereocenters. The molecule has 0 aliphatic carbocycles. The Kier molecular flexibility index (Phi) is 6.80. The normalized spacial score (nSPS) is 16.6. The molecule has 0 saturated carbocycles. The number of nitrogens with zero attached hydrogens (tertiary/aromatic N) is 1. The largest absolute Gasteiger partial charge is 0.316 e. The van der Waals surface area contributed by atoms with Crippen molar-refractivity contribution >= 4 is 5.91 Å². The van der Waals surface area contributed by atoms with Gasteiger partial charge in [-0.1, -0.05) is 36.5 Å². The molecule has 1 heterocycles. The quantitative estimate of drug-likeness (QED) is 0.306. The maximum absolute atomic E-state index is 11.7. The van der Waals surface area contributed by atoms with E-state index in [2.05, 4.69) is 18.2 Å². The number of rotatable bonds is 5. The van der Waals surface area contributed by atoms with Crippen LogP contribution < -0.4 is 0 Å². The summed E-state index contributed by atoms with van der Waals surface area (Å²) in [6, 6.07) is 0. The van der Waals surface area contributed by atoms with Gasteiger partial charge in [0.05, 0.1) is 0 Å². The molecular formula is C15H21NO. The lowest BCUT2D eigenvalue weighted by atomic mass is 10.2. The minimum atomic E-state index is 0.0686. The van der Waals surface area contributed by atoms with Gasteiger partial charge in [-0.05, 0) is 32.6 Å².